The molecule has 1 fully saturated rings. The summed E-state index contributed by atoms with van der Waals surface area (Å²) in [4.78, 5) is 163. The average molecular weight is 1030 g/mol. The van der Waals surface area contributed by atoms with Gasteiger partial charge in [0.25, 0.3) is 0 Å². The van der Waals surface area contributed by atoms with Crippen molar-refractivity contribution in [1.82, 2.24) is 52.1 Å². The number of nitrogens with zero attached hydrogens (tertiary/aromatic N) is 2. The van der Waals surface area contributed by atoms with Crippen LogP contribution in [-0.4, -0.2) is 174 Å². The zero-order chi connectivity index (χ0) is 54.5. The van der Waals surface area contributed by atoms with Crippen LogP contribution in [0.15, 0.2) is 42.9 Å². The minimum atomic E-state index is -2.04. The summed E-state index contributed by atoms with van der Waals surface area (Å²) >= 11 is 0. The molecule has 2 aromatic rings. The highest BCUT2D eigenvalue weighted by molar-refractivity contribution is 5.99. The highest BCUT2D eigenvalue weighted by Crippen LogP contribution is 2.21. The Morgan fingerprint density at radius 1 is 0.726 bits per heavy atom. The first-order chi connectivity index (χ1) is 34.4. The number of carboxylic acids is 3. The SMILES string of the molecule is CC(C)[C@H](NC(=O)[C@H](CCC(N)=O)NC(=O)CNC(=O)[C@@H](NC(=O)[C@H](CC(=O)O)NC(=O)[C@H](CCC(=O)O)NC(=O)[C@@H]1CCCN1C(=O)[C@H](Cc1cnc[nH]1)NC(=O)[C@@H](N)Cc1ccccc1)[C@@H](C)O)C(=O)O. The molecule has 28 nitrogen and oxygen atoms in total. The first-order valence-electron chi connectivity index (χ1n) is 23.2. The fraction of sp³-hybridized carbons (Fsp3) is 0.533. The van der Waals surface area contributed by atoms with Crippen LogP contribution in [0.4, 0.5) is 0 Å². The van der Waals surface area contributed by atoms with Crippen molar-refractivity contribution in [3.63, 3.8) is 0 Å². The van der Waals surface area contributed by atoms with E-state index in [4.69, 9.17) is 11.5 Å². The van der Waals surface area contributed by atoms with Crippen molar-refractivity contribution in [1.29, 1.82) is 0 Å². The molecule has 0 unspecified atom stereocenters. The maximum Gasteiger partial charge on any atom is 0.326 e. The third kappa shape index (κ3) is 19.6. The number of aromatic nitrogens is 2. The molecule has 0 spiro atoms. The van der Waals surface area contributed by atoms with Gasteiger partial charge in [0.15, 0.2) is 0 Å². The van der Waals surface area contributed by atoms with E-state index in [2.05, 4.69) is 47.2 Å². The molecule has 16 N–H and O–H groups in total. The van der Waals surface area contributed by atoms with Crippen LogP contribution in [0, 0.1) is 5.92 Å². The van der Waals surface area contributed by atoms with Crippen molar-refractivity contribution < 1.29 is 78.0 Å². The van der Waals surface area contributed by atoms with Crippen LogP contribution in [-0.2, 0) is 70.4 Å². The number of hydrogen-bond donors (Lipinski definition) is 14. The van der Waals surface area contributed by atoms with Gasteiger partial charge in [-0.2, -0.15) is 0 Å². The molecule has 0 saturated carbocycles. The number of carboxylic acid groups (broad SMARTS) is 3. The van der Waals surface area contributed by atoms with E-state index in [-0.39, 0.29) is 32.2 Å². The molecule has 73 heavy (non-hydrogen) atoms. The molecule has 0 aliphatic carbocycles. The van der Waals surface area contributed by atoms with E-state index >= 15 is 0 Å². The normalized spacial score (nSPS) is 16.4. The highest BCUT2D eigenvalue weighted by Gasteiger charge is 2.40. The molecule has 0 radical (unpaired) electrons. The number of aliphatic carboxylic acids is 3. The minimum Gasteiger partial charge on any atom is -0.481 e. The Labute approximate surface area is 417 Å². The number of amides is 9. The maximum absolute atomic E-state index is 14.2. The summed E-state index contributed by atoms with van der Waals surface area (Å²) in [6.07, 6.45) is -1.79. The van der Waals surface area contributed by atoms with E-state index < -0.39 is 164 Å². The molecule has 1 saturated heterocycles. The van der Waals surface area contributed by atoms with Crippen molar-refractivity contribution in [2.24, 2.45) is 17.4 Å². The lowest BCUT2D eigenvalue weighted by Gasteiger charge is -2.30. The molecule has 9 amide bonds. The molecular weight excluding hydrogens is 965 g/mol. The Bertz CT molecular complexity index is 2300. The summed E-state index contributed by atoms with van der Waals surface area (Å²) < 4.78 is 0. The smallest absolute Gasteiger partial charge is 0.326 e. The van der Waals surface area contributed by atoms with Gasteiger partial charge in [-0.25, -0.2) is 9.78 Å². The van der Waals surface area contributed by atoms with Crippen molar-refractivity contribution >= 4 is 71.1 Å². The Kier molecular flexibility index (Phi) is 23.3. The molecule has 1 aromatic heterocycles. The van der Waals surface area contributed by atoms with Gasteiger partial charge in [-0.15, -0.1) is 0 Å². The second kappa shape index (κ2) is 28.7. The second-order valence-corrected chi connectivity index (χ2v) is 17.6. The maximum atomic E-state index is 14.2. The quantitative estimate of drug-likeness (QED) is 0.0349. The van der Waals surface area contributed by atoms with Gasteiger partial charge in [0.1, 0.15) is 42.3 Å². The highest BCUT2D eigenvalue weighted by atomic mass is 16.4. The summed E-state index contributed by atoms with van der Waals surface area (Å²) in [7, 11) is 0. The van der Waals surface area contributed by atoms with Crippen molar-refractivity contribution in [3.8, 4) is 0 Å². The molecular formula is C45H64N12O16. The molecule has 3 rings (SSSR count). The lowest BCUT2D eigenvalue weighted by Crippen LogP contribution is -2.61. The largest absolute Gasteiger partial charge is 0.481 e. The number of nitrogens with two attached hydrogens (primary N) is 2. The molecule has 9 atom stereocenters. The predicted octanol–water partition coefficient (Wildman–Crippen LogP) is -4.74. The molecule has 2 heterocycles. The van der Waals surface area contributed by atoms with Crippen LogP contribution in [0.1, 0.15) is 77.0 Å². The fourth-order valence-corrected chi connectivity index (χ4v) is 7.52. The van der Waals surface area contributed by atoms with Crippen molar-refractivity contribution in [2.75, 3.05) is 13.1 Å². The average Bonchev–Trinajstić information content (AvgIpc) is 4.04. The van der Waals surface area contributed by atoms with Gasteiger partial charge in [-0.1, -0.05) is 44.2 Å². The molecule has 400 valence electrons. The Morgan fingerprint density at radius 3 is 1.90 bits per heavy atom. The van der Waals surface area contributed by atoms with Crippen LogP contribution >= 0.6 is 0 Å². The third-order valence-corrected chi connectivity index (χ3v) is 11.4. The summed E-state index contributed by atoms with van der Waals surface area (Å²) in [5.41, 5.74) is 12.6. The number of carbonyl (C=O) groups excluding carboxylic acids is 9. The number of benzene rings is 1. The number of carbonyl (C=O) groups is 12. The number of H-pyrrole nitrogens is 1. The van der Waals surface area contributed by atoms with E-state index in [0.717, 1.165) is 12.5 Å². The lowest BCUT2D eigenvalue weighted by atomic mass is 10.0. The zero-order valence-electron chi connectivity index (χ0n) is 40.3. The van der Waals surface area contributed by atoms with Crippen molar-refractivity contribution in [3.05, 3.63) is 54.1 Å². The Morgan fingerprint density at radius 2 is 1.33 bits per heavy atom. The Balaban J connectivity index is 1.75. The summed E-state index contributed by atoms with van der Waals surface area (Å²) in [5.74, 6) is -14.1. The minimum absolute atomic E-state index is 0.0277. The molecule has 1 aliphatic rings. The van der Waals surface area contributed by atoms with Crippen molar-refractivity contribution in [2.45, 2.75) is 133 Å². The summed E-state index contributed by atoms with van der Waals surface area (Å²) in [6.45, 7) is 3.16. The number of rotatable bonds is 30. The number of nitrogens with one attached hydrogen (secondary N) is 8. The molecule has 1 aliphatic heterocycles. The number of aliphatic hydroxyl groups excluding tert-OH is 1. The van der Waals surface area contributed by atoms with Gasteiger partial charge in [-0.3, -0.25) is 52.7 Å². The molecule has 0 bridgehead atoms. The first kappa shape index (κ1) is 59.3. The zero-order valence-corrected chi connectivity index (χ0v) is 40.3. The third-order valence-electron chi connectivity index (χ3n) is 11.4. The second-order valence-electron chi connectivity index (χ2n) is 17.6. The monoisotopic (exact) mass is 1030 g/mol. The van der Waals surface area contributed by atoms with Gasteiger partial charge < -0.3 is 79.0 Å². The molecule has 28 heteroatoms. The van der Waals surface area contributed by atoms with Crippen LogP contribution < -0.4 is 48.7 Å². The van der Waals surface area contributed by atoms with E-state index in [1.807, 2.05) is 0 Å². The van der Waals surface area contributed by atoms with Gasteiger partial charge in [-0.05, 0) is 50.5 Å². The number of imidazole rings is 1. The molecule has 1 aromatic carbocycles. The van der Waals surface area contributed by atoms with Crippen LogP contribution in [0.2, 0.25) is 0 Å². The van der Waals surface area contributed by atoms with Gasteiger partial charge >= 0.3 is 17.9 Å². The predicted molar refractivity (Wildman–Crippen MR) is 251 cm³/mol. The number of aliphatic hydroxyl groups is 1. The number of primary amides is 1. The van der Waals surface area contributed by atoms with E-state index in [1.54, 1.807) is 30.3 Å². The fourth-order valence-electron chi connectivity index (χ4n) is 7.52. The number of aromatic amines is 1. The van der Waals surface area contributed by atoms with Crippen LogP contribution in [0.5, 0.6) is 0 Å². The van der Waals surface area contributed by atoms with Crippen LogP contribution in [0.25, 0.3) is 0 Å². The first-order valence-corrected chi connectivity index (χ1v) is 23.2. The summed E-state index contributed by atoms with van der Waals surface area (Å²) in [5, 5.41) is 55.0. The summed E-state index contributed by atoms with van der Waals surface area (Å²) in [6, 6.07) is -3.31. The van der Waals surface area contributed by atoms with Gasteiger partial charge in [0.05, 0.1) is 31.4 Å². The lowest BCUT2D eigenvalue weighted by molar-refractivity contribution is -0.144. The van der Waals surface area contributed by atoms with Gasteiger partial charge in [0.2, 0.25) is 53.2 Å². The van der Waals surface area contributed by atoms with E-state index in [9.17, 15) is 78.0 Å². The van der Waals surface area contributed by atoms with Crippen LogP contribution in [0.3, 0.4) is 0 Å². The standard InChI is InChI=1S/C45H64N12O16/c1-22(2)36(45(72)73)55-40(67)27(11-13-32(47)59)51-33(60)20-49-43(70)37(23(3)58)56-41(68)29(18-35(63)64)53-39(66)28(12-14-34(61)62)52-42(69)31-10-7-15-57(31)44(71)30(17-25-19-48-21-50-25)54-38(65)26(46)16-24-8-5-4-6-9-24/h4-6,8-9,19,21-23,26-31,36-37,58H,7,10-18,20,46H2,1-3H3,(H2,47,59)(H,48,50)(H,49,70)(H,51,60)(H,52,69)(H,53,66)(H,54,65)(H,55,67)(H,56,68)(H,61,62)(H,63,64)(H,72,73)/t23-,26+,27+,28+,29+,30+,31+,36+,37+/m1/s1. The van der Waals surface area contributed by atoms with Gasteiger partial charge in [0, 0.05) is 37.7 Å². The van der Waals surface area contributed by atoms with E-state index in [1.165, 1.54) is 31.3 Å². The number of likely N-dealkylation sites (tertiary alicyclic amines) is 1. The van der Waals surface area contributed by atoms with E-state index in [0.29, 0.717) is 12.1 Å². The topological polar surface area (TPSA) is 454 Å². The Hall–Kier alpha value is -8.01. The number of hydrogen-bond acceptors (Lipinski definition) is 15.